The van der Waals surface area contributed by atoms with E-state index in [1.807, 2.05) is 0 Å². The highest BCUT2D eigenvalue weighted by atomic mass is 79.9. The van der Waals surface area contributed by atoms with Gasteiger partial charge in [-0.15, -0.1) is 0 Å². The van der Waals surface area contributed by atoms with Crippen molar-refractivity contribution in [1.82, 2.24) is 4.90 Å². The molecule has 2 N–H and O–H groups in total. The molecule has 1 aliphatic rings. The normalized spacial score (nSPS) is 24.6. The van der Waals surface area contributed by atoms with E-state index in [0.717, 1.165) is 19.0 Å². The highest BCUT2D eigenvalue weighted by Crippen LogP contribution is 2.27. The third-order valence-electron chi connectivity index (χ3n) is 4.40. The smallest absolute Gasteiger partial charge is 0.0237 e. The summed E-state index contributed by atoms with van der Waals surface area (Å²) in [5.74, 6) is 0.872. The highest BCUT2D eigenvalue weighted by Gasteiger charge is 2.26. The lowest BCUT2D eigenvalue weighted by atomic mass is 9.88. The topological polar surface area (TPSA) is 29.3 Å². The van der Waals surface area contributed by atoms with Gasteiger partial charge in [-0.1, -0.05) is 41.4 Å². The molecule has 3 heteroatoms. The quantitative estimate of drug-likeness (QED) is 0.914. The maximum absolute atomic E-state index is 5.97. The first kappa shape index (κ1) is 15.0. The molecule has 2 rings (SSSR count). The summed E-state index contributed by atoms with van der Waals surface area (Å²) in [6.07, 6.45) is 3.88. The van der Waals surface area contributed by atoms with Crippen molar-refractivity contribution < 1.29 is 0 Å². The van der Waals surface area contributed by atoms with Crippen LogP contribution in [-0.2, 0) is 6.54 Å². The average Bonchev–Trinajstić information content (AvgIpc) is 2.43. The molecule has 2 atom stereocenters. The van der Waals surface area contributed by atoms with Crippen molar-refractivity contribution in [1.29, 1.82) is 0 Å². The van der Waals surface area contributed by atoms with Gasteiger partial charge in [-0.2, -0.15) is 0 Å². The lowest BCUT2D eigenvalue weighted by Crippen LogP contribution is -2.46. The Morgan fingerprint density at radius 3 is 2.84 bits per heavy atom. The van der Waals surface area contributed by atoms with Crippen LogP contribution in [0.4, 0.5) is 0 Å². The summed E-state index contributed by atoms with van der Waals surface area (Å²) >= 11 is 3.56. The van der Waals surface area contributed by atoms with E-state index in [1.54, 1.807) is 0 Å². The minimum atomic E-state index is 0.558. The van der Waals surface area contributed by atoms with Crippen molar-refractivity contribution in [3.05, 3.63) is 33.8 Å². The Labute approximate surface area is 125 Å². The number of benzene rings is 1. The van der Waals surface area contributed by atoms with Crippen molar-refractivity contribution in [2.45, 2.75) is 45.7 Å². The second-order valence-electron chi connectivity index (χ2n) is 5.74. The SMILES string of the molecule is CCC1CCN(Cc2ccc(Br)c(C)c2)C(CN)C1. The molecule has 2 nitrogen and oxygen atoms in total. The minimum absolute atomic E-state index is 0.558. The molecule has 19 heavy (non-hydrogen) atoms. The maximum Gasteiger partial charge on any atom is 0.0237 e. The number of hydrogen-bond acceptors (Lipinski definition) is 2. The zero-order chi connectivity index (χ0) is 13.8. The van der Waals surface area contributed by atoms with Gasteiger partial charge in [-0.3, -0.25) is 4.90 Å². The molecule has 1 aromatic rings. The van der Waals surface area contributed by atoms with Crippen molar-refractivity contribution in [2.75, 3.05) is 13.1 Å². The molecule has 106 valence electrons. The largest absolute Gasteiger partial charge is 0.329 e. The van der Waals surface area contributed by atoms with Crippen LogP contribution < -0.4 is 5.73 Å². The van der Waals surface area contributed by atoms with E-state index in [9.17, 15) is 0 Å². The first-order valence-electron chi connectivity index (χ1n) is 7.33. The molecular formula is C16H25BrN2. The number of nitrogens with two attached hydrogens (primary N) is 1. The van der Waals surface area contributed by atoms with Gasteiger partial charge in [-0.05, 0) is 49.4 Å². The molecule has 1 fully saturated rings. The Bertz CT molecular complexity index is 419. The number of halogens is 1. The van der Waals surface area contributed by atoms with Crippen LogP contribution in [0.2, 0.25) is 0 Å². The van der Waals surface area contributed by atoms with Crippen LogP contribution in [0, 0.1) is 12.8 Å². The lowest BCUT2D eigenvalue weighted by Gasteiger charge is -2.39. The van der Waals surface area contributed by atoms with E-state index >= 15 is 0 Å². The predicted octanol–water partition coefficient (Wildman–Crippen LogP) is 3.71. The van der Waals surface area contributed by atoms with E-state index in [1.165, 1.54) is 41.4 Å². The summed E-state index contributed by atoms with van der Waals surface area (Å²) < 4.78 is 1.19. The molecule has 0 bridgehead atoms. The first-order chi connectivity index (χ1) is 9.13. The summed E-state index contributed by atoms with van der Waals surface area (Å²) in [4.78, 5) is 2.56. The van der Waals surface area contributed by atoms with Gasteiger partial charge in [-0.25, -0.2) is 0 Å². The van der Waals surface area contributed by atoms with Crippen molar-refractivity contribution in [2.24, 2.45) is 11.7 Å². The summed E-state index contributed by atoms with van der Waals surface area (Å²) in [6, 6.07) is 7.21. The second-order valence-corrected chi connectivity index (χ2v) is 6.60. The van der Waals surface area contributed by atoms with Crippen molar-refractivity contribution in [3.8, 4) is 0 Å². The van der Waals surface area contributed by atoms with Crippen LogP contribution in [0.1, 0.15) is 37.3 Å². The number of likely N-dealkylation sites (tertiary alicyclic amines) is 1. The number of rotatable bonds is 4. The number of aryl methyl sites for hydroxylation is 1. The highest BCUT2D eigenvalue weighted by molar-refractivity contribution is 9.10. The monoisotopic (exact) mass is 324 g/mol. The predicted molar refractivity (Wildman–Crippen MR) is 85.1 cm³/mol. The fourth-order valence-corrected chi connectivity index (χ4v) is 3.29. The molecule has 1 aliphatic heterocycles. The summed E-state index contributed by atoms with van der Waals surface area (Å²) in [5, 5.41) is 0. The number of hydrogen-bond donors (Lipinski definition) is 1. The minimum Gasteiger partial charge on any atom is -0.329 e. The third-order valence-corrected chi connectivity index (χ3v) is 5.29. The van der Waals surface area contributed by atoms with Crippen LogP contribution in [0.15, 0.2) is 22.7 Å². The Kier molecular flexibility index (Phi) is 5.43. The molecule has 0 spiro atoms. The van der Waals surface area contributed by atoms with Crippen LogP contribution in [0.3, 0.4) is 0 Å². The van der Waals surface area contributed by atoms with Gasteiger partial charge in [0.2, 0.25) is 0 Å². The summed E-state index contributed by atoms with van der Waals surface area (Å²) in [7, 11) is 0. The van der Waals surface area contributed by atoms with Crippen LogP contribution in [0.25, 0.3) is 0 Å². The molecule has 1 saturated heterocycles. The number of nitrogens with zero attached hydrogens (tertiary/aromatic N) is 1. The van der Waals surface area contributed by atoms with Crippen LogP contribution in [0.5, 0.6) is 0 Å². The van der Waals surface area contributed by atoms with Crippen molar-refractivity contribution in [3.63, 3.8) is 0 Å². The Hall–Kier alpha value is -0.380. The van der Waals surface area contributed by atoms with E-state index in [2.05, 4.69) is 52.9 Å². The summed E-state index contributed by atoms with van der Waals surface area (Å²) in [5.41, 5.74) is 8.68. The van der Waals surface area contributed by atoms with Gasteiger partial charge >= 0.3 is 0 Å². The van der Waals surface area contributed by atoms with E-state index in [4.69, 9.17) is 5.73 Å². The zero-order valence-corrected chi connectivity index (χ0v) is 13.6. The Morgan fingerprint density at radius 2 is 2.21 bits per heavy atom. The lowest BCUT2D eigenvalue weighted by molar-refractivity contribution is 0.107. The molecule has 0 amide bonds. The standard InChI is InChI=1S/C16H25BrN2/c1-3-13-6-7-19(15(9-13)10-18)11-14-4-5-16(17)12(2)8-14/h4-5,8,13,15H,3,6-7,9-11,18H2,1-2H3. The van der Waals surface area contributed by atoms with Gasteiger partial charge in [0.05, 0.1) is 0 Å². The fourth-order valence-electron chi connectivity index (χ4n) is 3.05. The van der Waals surface area contributed by atoms with Gasteiger partial charge in [0.15, 0.2) is 0 Å². The van der Waals surface area contributed by atoms with Gasteiger partial charge in [0, 0.05) is 23.6 Å². The number of piperidine rings is 1. The molecule has 2 unspecified atom stereocenters. The van der Waals surface area contributed by atoms with Crippen molar-refractivity contribution >= 4 is 15.9 Å². The molecule has 0 radical (unpaired) electrons. The molecule has 0 saturated carbocycles. The van der Waals surface area contributed by atoms with Gasteiger partial charge < -0.3 is 5.73 Å². The van der Waals surface area contributed by atoms with E-state index in [0.29, 0.717) is 6.04 Å². The summed E-state index contributed by atoms with van der Waals surface area (Å²) in [6.45, 7) is 7.46. The molecule has 0 aromatic heterocycles. The Balaban J connectivity index is 2.03. The molecular weight excluding hydrogens is 300 g/mol. The second kappa shape index (κ2) is 6.87. The van der Waals surface area contributed by atoms with Gasteiger partial charge in [0.25, 0.3) is 0 Å². The Morgan fingerprint density at radius 1 is 1.42 bits per heavy atom. The maximum atomic E-state index is 5.97. The average molecular weight is 325 g/mol. The molecule has 0 aliphatic carbocycles. The third kappa shape index (κ3) is 3.80. The van der Waals surface area contributed by atoms with E-state index < -0.39 is 0 Å². The van der Waals surface area contributed by atoms with Gasteiger partial charge in [0.1, 0.15) is 0 Å². The van der Waals surface area contributed by atoms with E-state index in [-0.39, 0.29) is 0 Å². The molecule has 1 heterocycles. The van der Waals surface area contributed by atoms with Crippen LogP contribution in [-0.4, -0.2) is 24.0 Å². The fraction of sp³-hybridized carbons (Fsp3) is 0.625. The zero-order valence-electron chi connectivity index (χ0n) is 12.0. The molecule has 1 aromatic carbocycles. The van der Waals surface area contributed by atoms with Crippen LogP contribution >= 0.6 is 15.9 Å². The first-order valence-corrected chi connectivity index (χ1v) is 8.12.